The van der Waals surface area contributed by atoms with Crippen molar-refractivity contribution in [3.63, 3.8) is 0 Å². The second-order valence-electron chi connectivity index (χ2n) is 4.36. The molecule has 3 nitrogen and oxygen atoms in total. The molecule has 5 heteroatoms. The Kier molecular flexibility index (Phi) is 4.05. The Balaban J connectivity index is 2.11. The molecule has 0 aromatic carbocycles. The van der Waals surface area contributed by atoms with Crippen molar-refractivity contribution in [3.8, 4) is 6.07 Å². The van der Waals surface area contributed by atoms with E-state index in [0.29, 0.717) is 12.6 Å². The van der Waals surface area contributed by atoms with Gasteiger partial charge in [-0.1, -0.05) is 0 Å². The third-order valence-electron chi connectivity index (χ3n) is 2.75. The van der Waals surface area contributed by atoms with Gasteiger partial charge < -0.3 is 4.90 Å². The molecule has 0 spiro atoms. The van der Waals surface area contributed by atoms with Crippen LogP contribution in [0.2, 0.25) is 0 Å². The Labute approximate surface area is 119 Å². The van der Waals surface area contributed by atoms with E-state index in [2.05, 4.69) is 28.7 Å². The summed E-state index contributed by atoms with van der Waals surface area (Å²) >= 11 is 3.80. The van der Waals surface area contributed by atoms with Gasteiger partial charge >= 0.3 is 0 Å². The van der Waals surface area contributed by atoms with Gasteiger partial charge in [-0.3, -0.25) is 4.79 Å². The van der Waals surface area contributed by atoms with Crippen LogP contribution in [0.1, 0.15) is 30.1 Å². The van der Waals surface area contributed by atoms with E-state index in [1.807, 2.05) is 23.3 Å². The molecule has 1 fully saturated rings. The Bertz CT molecular complexity index is 461. The van der Waals surface area contributed by atoms with E-state index < -0.39 is 0 Å². The summed E-state index contributed by atoms with van der Waals surface area (Å²) < 4.78 is 1.12. The van der Waals surface area contributed by atoms with Gasteiger partial charge in [0.25, 0.3) is 5.91 Å². The summed E-state index contributed by atoms with van der Waals surface area (Å²) in [4.78, 5) is 14.2. The molecule has 1 heterocycles. The highest BCUT2D eigenvalue weighted by molar-refractivity contribution is 14.1. The lowest BCUT2D eigenvalue weighted by atomic mass is 10.1. The van der Waals surface area contributed by atoms with Crippen LogP contribution < -0.4 is 0 Å². The minimum absolute atomic E-state index is 0.0776. The molecule has 0 bridgehead atoms. The van der Waals surface area contributed by atoms with Crippen LogP contribution in [-0.4, -0.2) is 23.4 Å². The number of nitriles is 1. The zero-order valence-corrected chi connectivity index (χ0v) is 12.5. The summed E-state index contributed by atoms with van der Waals surface area (Å²) in [7, 11) is 0. The molecule has 0 N–H and O–H groups in total. The molecular weight excluding hydrogens is 347 g/mol. The summed E-state index contributed by atoms with van der Waals surface area (Å²) in [5.41, 5.74) is 0.761. The number of thiophene rings is 1. The lowest BCUT2D eigenvalue weighted by Crippen LogP contribution is -2.36. The Morgan fingerprint density at radius 1 is 1.76 bits per heavy atom. The minimum atomic E-state index is -0.0998. The third kappa shape index (κ3) is 3.19. The van der Waals surface area contributed by atoms with E-state index in [0.717, 1.165) is 21.3 Å². The number of nitrogens with zero attached hydrogens (tertiary/aromatic N) is 2. The van der Waals surface area contributed by atoms with E-state index in [1.54, 1.807) is 11.3 Å². The Morgan fingerprint density at radius 3 is 2.94 bits per heavy atom. The summed E-state index contributed by atoms with van der Waals surface area (Å²) in [6, 6.07) is 4.47. The molecule has 17 heavy (non-hydrogen) atoms. The van der Waals surface area contributed by atoms with Crippen LogP contribution >= 0.6 is 33.9 Å². The van der Waals surface area contributed by atoms with Crippen LogP contribution in [0.25, 0.3) is 0 Å². The first-order valence-corrected chi connectivity index (χ1v) is 7.52. The van der Waals surface area contributed by atoms with Gasteiger partial charge in [0.15, 0.2) is 0 Å². The molecule has 1 saturated carbocycles. The molecule has 0 saturated heterocycles. The van der Waals surface area contributed by atoms with Crippen LogP contribution in [-0.2, 0) is 0 Å². The van der Waals surface area contributed by atoms with Gasteiger partial charge in [0.1, 0.15) is 0 Å². The lowest BCUT2D eigenvalue weighted by molar-refractivity contribution is 0.0730. The first-order chi connectivity index (χ1) is 8.11. The first-order valence-electron chi connectivity index (χ1n) is 5.56. The predicted octanol–water partition coefficient (Wildman–Crippen LogP) is 3.12. The summed E-state index contributed by atoms with van der Waals surface area (Å²) in [5, 5.41) is 10.8. The van der Waals surface area contributed by atoms with Gasteiger partial charge in [-0.15, -0.1) is 11.3 Å². The second kappa shape index (κ2) is 5.36. The molecule has 1 amide bonds. The van der Waals surface area contributed by atoms with Gasteiger partial charge in [-0.25, -0.2) is 0 Å². The average molecular weight is 360 g/mol. The van der Waals surface area contributed by atoms with Crippen LogP contribution in [0.3, 0.4) is 0 Å². The van der Waals surface area contributed by atoms with E-state index in [4.69, 9.17) is 5.26 Å². The van der Waals surface area contributed by atoms with Crippen molar-refractivity contribution >= 4 is 39.8 Å². The molecule has 90 valence electrons. The second-order valence-corrected chi connectivity index (χ2v) is 7.16. The van der Waals surface area contributed by atoms with Crippen LogP contribution in [0.5, 0.6) is 0 Å². The van der Waals surface area contributed by atoms with Gasteiger partial charge in [0.2, 0.25) is 0 Å². The standard InChI is InChI=1S/C12H13IN2OS/c1-8(5-14)6-15(10-2-3-10)12(16)9-4-11(13)17-7-9/h4,7-8,10H,2-3,6H2,1H3/t8-/m0/s1. The maximum Gasteiger partial charge on any atom is 0.255 e. The molecule has 0 radical (unpaired) electrons. The number of amides is 1. The van der Waals surface area contributed by atoms with Crippen LogP contribution in [0.15, 0.2) is 11.4 Å². The maximum atomic E-state index is 12.3. The smallest absolute Gasteiger partial charge is 0.255 e. The van der Waals surface area contributed by atoms with Crippen molar-refractivity contribution in [2.75, 3.05) is 6.54 Å². The topological polar surface area (TPSA) is 44.1 Å². The number of carbonyl (C=O) groups excluding carboxylic acids is 1. The molecule has 0 unspecified atom stereocenters. The predicted molar refractivity (Wildman–Crippen MR) is 75.9 cm³/mol. The monoisotopic (exact) mass is 360 g/mol. The summed E-state index contributed by atoms with van der Waals surface area (Å²) in [5.74, 6) is -0.0222. The molecule has 1 aromatic heterocycles. The van der Waals surface area contributed by atoms with Crippen molar-refractivity contribution in [2.24, 2.45) is 5.92 Å². The number of rotatable bonds is 4. The zero-order valence-electron chi connectivity index (χ0n) is 9.52. The zero-order chi connectivity index (χ0) is 12.4. The number of halogens is 1. The quantitative estimate of drug-likeness (QED) is 0.775. The fraction of sp³-hybridized carbons (Fsp3) is 0.500. The van der Waals surface area contributed by atoms with Crippen LogP contribution in [0.4, 0.5) is 0 Å². The molecule has 1 atom stereocenters. The SMILES string of the molecule is C[C@@H](C#N)CN(C(=O)c1csc(I)c1)C1CC1. The molecular formula is C12H13IN2OS. The van der Waals surface area contributed by atoms with Crippen molar-refractivity contribution in [1.82, 2.24) is 4.90 Å². The maximum absolute atomic E-state index is 12.3. The van der Waals surface area contributed by atoms with Crippen molar-refractivity contribution in [2.45, 2.75) is 25.8 Å². The number of hydrogen-bond acceptors (Lipinski definition) is 3. The molecule has 0 aliphatic heterocycles. The average Bonchev–Trinajstić information content (AvgIpc) is 3.07. The number of carbonyl (C=O) groups is 1. The fourth-order valence-corrected chi connectivity index (χ4v) is 3.03. The Morgan fingerprint density at radius 2 is 2.47 bits per heavy atom. The van der Waals surface area contributed by atoms with Gasteiger partial charge in [0.05, 0.1) is 20.4 Å². The van der Waals surface area contributed by atoms with Crippen molar-refractivity contribution in [1.29, 1.82) is 5.26 Å². The lowest BCUT2D eigenvalue weighted by Gasteiger charge is -2.23. The number of hydrogen-bond donors (Lipinski definition) is 0. The Hall–Kier alpha value is -0.610. The largest absolute Gasteiger partial charge is 0.334 e. The first kappa shape index (κ1) is 12.8. The fourth-order valence-electron chi connectivity index (χ4n) is 1.71. The highest BCUT2D eigenvalue weighted by Crippen LogP contribution is 2.30. The van der Waals surface area contributed by atoms with E-state index in [-0.39, 0.29) is 11.8 Å². The van der Waals surface area contributed by atoms with Gasteiger partial charge in [-0.2, -0.15) is 5.26 Å². The van der Waals surface area contributed by atoms with Gasteiger partial charge in [0, 0.05) is 18.0 Å². The van der Waals surface area contributed by atoms with Crippen molar-refractivity contribution in [3.05, 3.63) is 19.9 Å². The molecule has 1 aliphatic carbocycles. The van der Waals surface area contributed by atoms with Crippen molar-refractivity contribution < 1.29 is 4.79 Å². The summed E-state index contributed by atoms with van der Waals surface area (Å²) in [6.45, 7) is 2.41. The highest BCUT2D eigenvalue weighted by atomic mass is 127. The summed E-state index contributed by atoms with van der Waals surface area (Å²) in [6.07, 6.45) is 2.15. The minimum Gasteiger partial charge on any atom is -0.334 e. The normalized spacial score (nSPS) is 16.3. The van der Waals surface area contributed by atoms with E-state index >= 15 is 0 Å². The molecule has 2 rings (SSSR count). The van der Waals surface area contributed by atoms with Gasteiger partial charge in [-0.05, 0) is 48.4 Å². The van der Waals surface area contributed by atoms with E-state index in [1.165, 1.54) is 0 Å². The molecule has 1 aromatic rings. The third-order valence-corrected chi connectivity index (χ3v) is 4.54. The van der Waals surface area contributed by atoms with E-state index in [9.17, 15) is 4.79 Å². The van der Waals surface area contributed by atoms with Crippen LogP contribution in [0, 0.1) is 20.1 Å². The molecule has 1 aliphatic rings. The highest BCUT2D eigenvalue weighted by Gasteiger charge is 2.34.